The largest absolute Gasteiger partial charge is 0.327 e. The zero-order valence-corrected chi connectivity index (χ0v) is 17.0. The average Bonchev–Trinajstić information content (AvgIpc) is 2.84. The summed E-state index contributed by atoms with van der Waals surface area (Å²) in [6, 6.07) is 32.4. The van der Waals surface area contributed by atoms with Gasteiger partial charge in [-0.2, -0.15) is 0 Å². The van der Waals surface area contributed by atoms with E-state index >= 15 is 0 Å². The lowest BCUT2D eigenvalue weighted by Gasteiger charge is -2.38. The van der Waals surface area contributed by atoms with Crippen molar-refractivity contribution in [2.75, 3.05) is 6.54 Å². The molecular formula is C28H22FNO. The van der Waals surface area contributed by atoms with Gasteiger partial charge in [-0.25, -0.2) is 4.39 Å². The molecule has 4 aromatic carbocycles. The number of rotatable bonds is 3. The van der Waals surface area contributed by atoms with Crippen molar-refractivity contribution in [2.45, 2.75) is 12.5 Å². The first-order chi connectivity index (χ1) is 15.2. The third-order valence-corrected chi connectivity index (χ3v) is 5.97. The molecule has 0 bridgehead atoms. The first kappa shape index (κ1) is 19.3. The van der Waals surface area contributed by atoms with Crippen LogP contribution in [0.25, 0.3) is 11.1 Å². The van der Waals surface area contributed by atoms with Crippen LogP contribution in [-0.2, 0) is 6.42 Å². The summed E-state index contributed by atoms with van der Waals surface area (Å²) in [4.78, 5) is 15.5. The molecule has 1 atom stereocenters. The molecule has 1 aliphatic rings. The fraction of sp³-hybridized carbons (Fsp3) is 0.107. The second-order valence-corrected chi connectivity index (χ2v) is 7.84. The molecule has 31 heavy (non-hydrogen) atoms. The van der Waals surface area contributed by atoms with Gasteiger partial charge in [0.15, 0.2) is 0 Å². The van der Waals surface area contributed by atoms with Crippen LogP contribution in [0.4, 0.5) is 4.39 Å². The molecule has 5 rings (SSSR count). The number of nitrogens with zero attached hydrogens (tertiary/aromatic N) is 1. The van der Waals surface area contributed by atoms with Gasteiger partial charge in [-0.3, -0.25) is 4.79 Å². The molecule has 0 saturated carbocycles. The number of carbonyl (C=O) groups excluding carboxylic acids is 1. The Hall–Kier alpha value is -3.72. The maximum absolute atomic E-state index is 13.6. The summed E-state index contributed by atoms with van der Waals surface area (Å²) in [6.07, 6.45) is 0.807. The lowest BCUT2D eigenvalue weighted by Crippen LogP contribution is -2.40. The summed E-state index contributed by atoms with van der Waals surface area (Å²) in [5.41, 5.74) is 6.12. The number of amides is 1. The Morgan fingerprint density at radius 3 is 2.13 bits per heavy atom. The van der Waals surface area contributed by atoms with E-state index in [1.54, 1.807) is 12.1 Å². The molecule has 0 spiro atoms. The highest BCUT2D eigenvalue weighted by molar-refractivity contribution is 5.95. The minimum absolute atomic E-state index is 0.0107. The van der Waals surface area contributed by atoms with Gasteiger partial charge in [0, 0.05) is 12.1 Å². The predicted octanol–water partition coefficient (Wildman–Crippen LogP) is 6.28. The second kappa shape index (κ2) is 8.19. The van der Waals surface area contributed by atoms with Crippen LogP contribution in [-0.4, -0.2) is 17.4 Å². The van der Waals surface area contributed by atoms with Crippen LogP contribution in [0.5, 0.6) is 0 Å². The molecule has 1 aliphatic heterocycles. The molecule has 0 saturated heterocycles. The molecule has 4 aromatic rings. The summed E-state index contributed by atoms with van der Waals surface area (Å²) < 4.78 is 13.6. The first-order valence-corrected chi connectivity index (χ1v) is 10.5. The Kier molecular flexibility index (Phi) is 5.09. The molecule has 1 amide bonds. The fourth-order valence-corrected chi connectivity index (χ4v) is 4.39. The Balaban J connectivity index is 1.50. The van der Waals surface area contributed by atoms with Crippen LogP contribution in [0.1, 0.15) is 33.1 Å². The quantitative estimate of drug-likeness (QED) is 0.391. The molecular weight excluding hydrogens is 385 g/mol. The number of halogens is 1. The van der Waals surface area contributed by atoms with Gasteiger partial charge in [-0.05, 0) is 58.5 Å². The van der Waals surface area contributed by atoms with Crippen LogP contribution >= 0.6 is 0 Å². The third kappa shape index (κ3) is 3.75. The van der Waals surface area contributed by atoms with Crippen molar-refractivity contribution in [2.24, 2.45) is 0 Å². The number of benzene rings is 4. The molecule has 1 heterocycles. The number of hydrogen-bond acceptors (Lipinski definition) is 1. The predicted molar refractivity (Wildman–Crippen MR) is 121 cm³/mol. The molecule has 0 radical (unpaired) electrons. The van der Waals surface area contributed by atoms with E-state index in [1.165, 1.54) is 17.7 Å². The molecule has 0 aromatic heterocycles. The van der Waals surface area contributed by atoms with Crippen molar-refractivity contribution in [3.05, 3.63) is 131 Å². The number of fused-ring (bicyclic) bond motifs is 1. The standard InChI is InChI=1S/C28H22FNO/c29-25-16-14-23(15-17-25)27-26-9-5-4-8-22(26)18-19-30(27)28(31)24-12-10-21(11-13-24)20-6-2-1-3-7-20/h1-17,27H,18-19H2/t27-/m0/s1. The first-order valence-electron chi connectivity index (χ1n) is 10.5. The molecule has 152 valence electrons. The van der Waals surface area contributed by atoms with Crippen molar-refractivity contribution in [1.82, 2.24) is 4.90 Å². The molecule has 3 heteroatoms. The smallest absolute Gasteiger partial charge is 0.254 e. The van der Waals surface area contributed by atoms with E-state index in [2.05, 4.69) is 24.3 Å². The summed E-state index contributed by atoms with van der Waals surface area (Å²) in [5.74, 6) is -0.286. The van der Waals surface area contributed by atoms with E-state index in [0.29, 0.717) is 12.1 Å². The Labute approximate surface area is 181 Å². The zero-order valence-electron chi connectivity index (χ0n) is 17.0. The molecule has 0 fully saturated rings. The minimum Gasteiger partial charge on any atom is -0.327 e. The van der Waals surface area contributed by atoms with Crippen molar-refractivity contribution in [1.29, 1.82) is 0 Å². The van der Waals surface area contributed by atoms with E-state index < -0.39 is 0 Å². The van der Waals surface area contributed by atoms with E-state index in [0.717, 1.165) is 28.7 Å². The third-order valence-electron chi connectivity index (χ3n) is 5.97. The monoisotopic (exact) mass is 407 g/mol. The normalized spacial score (nSPS) is 15.4. The summed E-state index contributed by atoms with van der Waals surface area (Å²) >= 11 is 0. The Bertz CT molecular complexity index is 1200. The van der Waals surface area contributed by atoms with Crippen LogP contribution in [0.15, 0.2) is 103 Å². The van der Waals surface area contributed by atoms with Gasteiger partial charge >= 0.3 is 0 Å². The topological polar surface area (TPSA) is 20.3 Å². The van der Waals surface area contributed by atoms with Crippen LogP contribution in [0.2, 0.25) is 0 Å². The van der Waals surface area contributed by atoms with E-state index in [4.69, 9.17) is 0 Å². The average molecular weight is 407 g/mol. The highest BCUT2D eigenvalue weighted by atomic mass is 19.1. The molecule has 0 unspecified atom stereocenters. The van der Waals surface area contributed by atoms with Crippen LogP contribution < -0.4 is 0 Å². The van der Waals surface area contributed by atoms with Gasteiger partial charge in [0.2, 0.25) is 0 Å². The molecule has 0 aliphatic carbocycles. The molecule has 2 nitrogen and oxygen atoms in total. The van der Waals surface area contributed by atoms with Gasteiger partial charge in [0.05, 0.1) is 6.04 Å². The van der Waals surface area contributed by atoms with Crippen molar-refractivity contribution >= 4 is 5.91 Å². The highest BCUT2D eigenvalue weighted by Gasteiger charge is 2.32. The van der Waals surface area contributed by atoms with Crippen LogP contribution in [0.3, 0.4) is 0 Å². The van der Waals surface area contributed by atoms with Gasteiger partial charge < -0.3 is 4.90 Å². The lowest BCUT2D eigenvalue weighted by molar-refractivity contribution is 0.0694. The maximum Gasteiger partial charge on any atom is 0.254 e. The van der Waals surface area contributed by atoms with Gasteiger partial charge in [-0.15, -0.1) is 0 Å². The van der Waals surface area contributed by atoms with Crippen LogP contribution in [0, 0.1) is 5.82 Å². The van der Waals surface area contributed by atoms with Gasteiger partial charge in [0.1, 0.15) is 5.82 Å². The number of carbonyl (C=O) groups is 1. The lowest BCUT2D eigenvalue weighted by atomic mass is 9.87. The molecule has 0 N–H and O–H groups in total. The maximum atomic E-state index is 13.6. The number of hydrogen-bond donors (Lipinski definition) is 0. The Morgan fingerprint density at radius 1 is 0.742 bits per heavy atom. The van der Waals surface area contributed by atoms with Crippen molar-refractivity contribution < 1.29 is 9.18 Å². The zero-order chi connectivity index (χ0) is 21.2. The van der Waals surface area contributed by atoms with E-state index in [1.807, 2.05) is 59.5 Å². The second-order valence-electron chi connectivity index (χ2n) is 7.84. The van der Waals surface area contributed by atoms with Crippen molar-refractivity contribution in [3.8, 4) is 11.1 Å². The minimum atomic E-state index is -0.276. The highest BCUT2D eigenvalue weighted by Crippen LogP contribution is 2.36. The van der Waals surface area contributed by atoms with Gasteiger partial charge in [-0.1, -0.05) is 78.9 Å². The Morgan fingerprint density at radius 2 is 1.39 bits per heavy atom. The van der Waals surface area contributed by atoms with E-state index in [9.17, 15) is 9.18 Å². The summed E-state index contributed by atoms with van der Waals surface area (Å²) in [6.45, 7) is 0.623. The fourth-order valence-electron chi connectivity index (χ4n) is 4.39. The van der Waals surface area contributed by atoms with E-state index in [-0.39, 0.29) is 17.8 Å². The van der Waals surface area contributed by atoms with Gasteiger partial charge in [0.25, 0.3) is 5.91 Å². The SMILES string of the molecule is O=C(c1ccc(-c2ccccc2)cc1)N1CCc2ccccc2[C@@H]1c1ccc(F)cc1. The summed E-state index contributed by atoms with van der Waals surface area (Å²) in [5, 5.41) is 0. The summed E-state index contributed by atoms with van der Waals surface area (Å²) in [7, 11) is 0. The van der Waals surface area contributed by atoms with Crippen molar-refractivity contribution in [3.63, 3.8) is 0 Å².